The molecule has 0 radical (unpaired) electrons. The van der Waals surface area contributed by atoms with Gasteiger partial charge in [0.05, 0.1) is 19.4 Å². The summed E-state index contributed by atoms with van der Waals surface area (Å²) in [7, 11) is 5.58. The number of aromatic nitrogens is 2. The van der Waals surface area contributed by atoms with Crippen molar-refractivity contribution >= 4 is 5.91 Å². The number of methoxy groups -OCH3 is 1. The smallest absolute Gasteiger partial charge is 0.238 e. The Kier molecular flexibility index (Phi) is 6.44. The van der Waals surface area contributed by atoms with Gasteiger partial charge in [-0.15, -0.1) is 0 Å². The van der Waals surface area contributed by atoms with Gasteiger partial charge in [-0.2, -0.15) is 4.98 Å². The fourth-order valence-electron chi connectivity index (χ4n) is 2.89. The van der Waals surface area contributed by atoms with E-state index < -0.39 is 0 Å². The Labute approximate surface area is 163 Å². The van der Waals surface area contributed by atoms with Crippen molar-refractivity contribution in [2.45, 2.75) is 18.9 Å². The number of rotatable bonds is 9. The molecule has 0 aliphatic carbocycles. The molecule has 0 bridgehead atoms. The molecule has 2 aromatic heterocycles. The van der Waals surface area contributed by atoms with Crippen molar-refractivity contribution in [3.8, 4) is 17.3 Å². The number of likely N-dealkylation sites (N-methyl/N-ethyl adjacent to an activating group) is 1. The predicted octanol–water partition coefficient (Wildman–Crippen LogP) is 2.69. The van der Waals surface area contributed by atoms with Crippen molar-refractivity contribution < 1.29 is 18.5 Å². The minimum atomic E-state index is -0.0838. The highest BCUT2D eigenvalue weighted by molar-refractivity contribution is 5.76. The van der Waals surface area contributed by atoms with Crippen LogP contribution in [0.3, 0.4) is 0 Å². The monoisotopic (exact) mass is 384 g/mol. The summed E-state index contributed by atoms with van der Waals surface area (Å²) in [4.78, 5) is 18.6. The molecule has 0 fully saturated rings. The summed E-state index contributed by atoms with van der Waals surface area (Å²) in [5.41, 5.74) is 1.02. The minimum absolute atomic E-state index is 0.00550. The predicted molar refractivity (Wildman–Crippen MR) is 103 cm³/mol. The molecule has 1 amide bonds. The zero-order valence-electron chi connectivity index (χ0n) is 16.2. The van der Waals surface area contributed by atoms with Gasteiger partial charge in [0.25, 0.3) is 0 Å². The number of nitrogens with zero attached hydrogens (tertiary/aromatic N) is 3. The maximum atomic E-state index is 12.3. The minimum Gasteiger partial charge on any atom is -0.496 e. The lowest BCUT2D eigenvalue weighted by atomic mass is 10.0. The van der Waals surface area contributed by atoms with Crippen molar-refractivity contribution in [2.75, 3.05) is 27.7 Å². The molecule has 1 aromatic carbocycles. The number of ether oxygens (including phenoxy) is 1. The van der Waals surface area contributed by atoms with Crippen LogP contribution in [0.2, 0.25) is 0 Å². The lowest BCUT2D eigenvalue weighted by molar-refractivity contribution is -0.121. The third kappa shape index (κ3) is 4.77. The number of carbonyl (C=O) groups is 1. The van der Waals surface area contributed by atoms with Gasteiger partial charge in [-0.25, -0.2) is 0 Å². The van der Waals surface area contributed by atoms with Gasteiger partial charge in [0.1, 0.15) is 5.75 Å². The summed E-state index contributed by atoms with van der Waals surface area (Å²) in [5, 5.41) is 6.83. The van der Waals surface area contributed by atoms with E-state index in [-0.39, 0.29) is 18.4 Å². The Hall–Kier alpha value is -3.13. The van der Waals surface area contributed by atoms with Crippen molar-refractivity contribution in [1.82, 2.24) is 20.4 Å². The highest BCUT2D eigenvalue weighted by Crippen LogP contribution is 2.27. The molecule has 0 spiro atoms. The van der Waals surface area contributed by atoms with Crippen LogP contribution < -0.4 is 10.1 Å². The third-order valence-corrected chi connectivity index (χ3v) is 4.39. The molecular formula is C20H24N4O4. The van der Waals surface area contributed by atoms with E-state index in [1.165, 1.54) is 0 Å². The Balaban J connectivity index is 1.54. The van der Waals surface area contributed by atoms with Crippen LogP contribution >= 0.6 is 0 Å². The van der Waals surface area contributed by atoms with E-state index in [4.69, 9.17) is 13.7 Å². The molecule has 1 N–H and O–H groups in total. The molecule has 3 aromatic rings. The summed E-state index contributed by atoms with van der Waals surface area (Å²) >= 11 is 0. The quantitative estimate of drug-likeness (QED) is 0.606. The Morgan fingerprint density at radius 1 is 1.25 bits per heavy atom. The zero-order valence-corrected chi connectivity index (χ0v) is 16.2. The first kappa shape index (κ1) is 19.6. The number of hydrogen-bond acceptors (Lipinski definition) is 7. The number of nitrogens with one attached hydrogen (secondary N) is 1. The number of para-hydroxylation sites is 1. The van der Waals surface area contributed by atoms with Gasteiger partial charge >= 0.3 is 0 Å². The van der Waals surface area contributed by atoms with Crippen LogP contribution in [0.15, 0.2) is 51.6 Å². The highest BCUT2D eigenvalue weighted by Gasteiger charge is 2.19. The van der Waals surface area contributed by atoms with Crippen molar-refractivity contribution in [1.29, 1.82) is 0 Å². The molecule has 148 valence electrons. The average molecular weight is 384 g/mol. The fourth-order valence-corrected chi connectivity index (χ4v) is 2.89. The molecular weight excluding hydrogens is 360 g/mol. The Bertz CT molecular complexity index is 889. The van der Waals surface area contributed by atoms with E-state index in [1.807, 2.05) is 43.3 Å². The van der Waals surface area contributed by atoms with E-state index in [0.717, 1.165) is 11.3 Å². The molecule has 0 aliphatic heterocycles. The molecule has 0 saturated carbocycles. The van der Waals surface area contributed by atoms with Crippen LogP contribution in [0.4, 0.5) is 0 Å². The van der Waals surface area contributed by atoms with Crippen LogP contribution in [0, 0.1) is 0 Å². The summed E-state index contributed by atoms with van der Waals surface area (Å²) < 4.78 is 15.9. The first-order valence-electron chi connectivity index (χ1n) is 9.01. The van der Waals surface area contributed by atoms with E-state index >= 15 is 0 Å². The van der Waals surface area contributed by atoms with E-state index in [2.05, 4.69) is 15.5 Å². The lowest BCUT2D eigenvalue weighted by Crippen LogP contribution is -2.34. The molecule has 8 heteroatoms. The highest BCUT2D eigenvalue weighted by atomic mass is 16.5. The van der Waals surface area contributed by atoms with Crippen molar-refractivity contribution in [3.05, 3.63) is 54.1 Å². The van der Waals surface area contributed by atoms with E-state index in [9.17, 15) is 4.79 Å². The molecule has 0 aliphatic rings. The second-order valence-corrected chi connectivity index (χ2v) is 6.51. The zero-order chi connectivity index (χ0) is 19.9. The molecule has 2 heterocycles. The Morgan fingerprint density at radius 2 is 2.07 bits per heavy atom. The van der Waals surface area contributed by atoms with Gasteiger partial charge in [0.2, 0.25) is 17.6 Å². The van der Waals surface area contributed by atoms with Crippen molar-refractivity contribution in [2.24, 2.45) is 0 Å². The van der Waals surface area contributed by atoms with E-state index in [0.29, 0.717) is 30.4 Å². The van der Waals surface area contributed by atoms with Gasteiger partial charge in [-0.3, -0.25) is 4.79 Å². The fraction of sp³-hybridized carbons (Fsp3) is 0.350. The van der Waals surface area contributed by atoms with Crippen LogP contribution in [-0.2, 0) is 11.2 Å². The van der Waals surface area contributed by atoms with Gasteiger partial charge in [0.15, 0.2) is 5.76 Å². The number of amides is 1. The van der Waals surface area contributed by atoms with Crippen LogP contribution in [0.25, 0.3) is 11.6 Å². The van der Waals surface area contributed by atoms with Gasteiger partial charge in [0, 0.05) is 24.9 Å². The van der Waals surface area contributed by atoms with Gasteiger partial charge in [-0.05, 0) is 32.3 Å². The van der Waals surface area contributed by atoms with Crippen LogP contribution in [-0.4, -0.2) is 48.7 Å². The number of furan rings is 1. The summed E-state index contributed by atoms with van der Waals surface area (Å²) in [5.74, 6) is 2.02. The summed E-state index contributed by atoms with van der Waals surface area (Å²) in [6.45, 7) is 0.466. The number of carbonyl (C=O) groups excluding carboxylic acids is 1. The van der Waals surface area contributed by atoms with E-state index in [1.54, 1.807) is 25.5 Å². The van der Waals surface area contributed by atoms with Gasteiger partial charge in [-0.1, -0.05) is 23.4 Å². The summed E-state index contributed by atoms with van der Waals surface area (Å²) in [6, 6.07) is 11.3. The topological polar surface area (TPSA) is 93.6 Å². The normalized spacial score (nSPS) is 12.1. The average Bonchev–Trinajstić information content (AvgIpc) is 3.38. The third-order valence-electron chi connectivity index (χ3n) is 4.39. The molecule has 28 heavy (non-hydrogen) atoms. The second-order valence-electron chi connectivity index (χ2n) is 6.51. The first-order valence-corrected chi connectivity index (χ1v) is 9.01. The Morgan fingerprint density at radius 3 is 2.79 bits per heavy atom. The van der Waals surface area contributed by atoms with Gasteiger partial charge < -0.3 is 23.9 Å². The standard InChI is InChI=1S/C20H24N4O4/c1-24(2)15(14-7-4-5-8-16(14)26-3)13-21-18(25)10-11-19-22-20(23-28-19)17-9-6-12-27-17/h4-9,12,15H,10-11,13H2,1-3H3,(H,21,25). The molecule has 0 saturated heterocycles. The SMILES string of the molecule is COc1ccccc1C(CNC(=O)CCc1nc(-c2ccco2)no1)N(C)C. The first-order chi connectivity index (χ1) is 13.6. The molecule has 8 nitrogen and oxygen atoms in total. The maximum absolute atomic E-state index is 12.3. The van der Waals surface area contributed by atoms with Crippen LogP contribution in [0.1, 0.15) is 23.9 Å². The summed E-state index contributed by atoms with van der Waals surface area (Å²) in [6.07, 6.45) is 2.16. The molecule has 1 unspecified atom stereocenters. The second kappa shape index (κ2) is 9.18. The van der Waals surface area contributed by atoms with Crippen LogP contribution in [0.5, 0.6) is 5.75 Å². The molecule has 3 rings (SSSR count). The number of benzene rings is 1. The largest absolute Gasteiger partial charge is 0.496 e. The molecule has 1 atom stereocenters. The number of hydrogen-bond donors (Lipinski definition) is 1. The maximum Gasteiger partial charge on any atom is 0.238 e. The lowest BCUT2D eigenvalue weighted by Gasteiger charge is -2.26. The number of aryl methyl sites for hydroxylation is 1. The van der Waals surface area contributed by atoms with Crippen molar-refractivity contribution in [3.63, 3.8) is 0 Å².